The van der Waals surface area contributed by atoms with Crippen LogP contribution in [0.4, 0.5) is 4.79 Å². The van der Waals surface area contributed by atoms with Gasteiger partial charge in [0.1, 0.15) is 0 Å². The Hall–Kier alpha value is -0.770. The minimum atomic E-state index is -0.162. The van der Waals surface area contributed by atoms with Crippen molar-refractivity contribution in [2.45, 2.75) is 82.7 Å². The number of amides is 2. The number of nitrogens with one attached hydrogen (secondary N) is 2. The molecule has 0 aliphatic heterocycles. The number of nitrogens with two attached hydrogens (primary N) is 1. The van der Waals surface area contributed by atoms with Crippen molar-refractivity contribution >= 4 is 6.03 Å². The minimum absolute atomic E-state index is 0.00250. The Morgan fingerprint density at radius 1 is 1.15 bits per heavy atom. The van der Waals surface area contributed by atoms with E-state index in [9.17, 15) is 4.79 Å². The summed E-state index contributed by atoms with van der Waals surface area (Å²) < 4.78 is 0. The van der Waals surface area contributed by atoms with Crippen molar-refractivity contribution < 1.29 is 4.79 Å². The molecule has 116 valence electrons. The number of carbonyl (C=O) groups is 1. The third-order valence-electron chi connectivity index (χ3n) is 5.35. The normalized spacial score (nSPS) is 31.8. The summed E-state index contributed by atoms with van der Waals surface area (Å²) in [5.74, 6) is 0.817. The number of carbonyl (C=O) groups excluding carboxylic acids is 1. The lowest BCUT2D eigenvalue weighted by atomic mass is 9.75. The summed E-state index contributed by atoms with van der Waals surface area (Å²) in [7, 11) is 0. The van der Waals surface area contributed by atoms with Gasteiger partial charge in [0, 0.05) is 12.6 Å². The summed E-state index contributed by atoms with van der Waals surface area (Å²) in [6, 6.07) is 0.364. The van der Waals surface area contributed by atoms with Crippen LogP contribution in [-0.4, -0.2) is 24.2 Å². The van der Waals surface area contributed by atoms with Gasteiger partial charge in [-0.2, -0.15) is 0 Å². The molecule has 0 aromatic heterocycles. The molecule has 2 aliphatic carbocycles. The standard InChI is InChI=1S/C16H31N3O/c1-2-13-8-10-16(12-17,11-9-13)19-15(20)18-14-6-4-3-5-7-14/h13-14H,2-12,17H2,1H3,(H2,18,19,20). The zero-order valence-electron chi connectivity index (χ0n) is 12.9. The molecule has 0 saturated heterocycles. The fourth-order valence-corrected chi connectivity index (χ4v) is 3.73. The van der Waals surface area contributed by atoms with Gasteiger partial charge in [-0.3, -0.25) is 0 Å². The van der Waals surface area contributed by atoms with E-state index in [0.717, 1.165) is 31.6 Å². The van der Waals surface area contributed by atoms with Gasteiger partial charge in [-0.1, -0.05) is 32.6 Å². The van der Waals surface area contributed by atoms with E-state index in [1.54, 1.807) is 0 Å². The summed E-state index contributed by atoms with van der Waals surface area (Å²) >= 11 is 0. The highest BCUT2D eigenvalue weighted by atomic mass is 16.2. The van der Waals surface area contributed by atoms with E-state index >= 15 is 0 Å². The summed E-state index contributed by atoms with van der Waals surface area (Å²) in [6.07, 6.45) is 11.7. The zero-order valence-corrected chi connectivity index (χ0v) is 12.9. The van der Waals surface area contributed by atoms with Crippen LogP contribution in [-0.2, 0) is 0 Å². The quantitative estimate of drug-likeness (QED) is 0.741. The molecule has 4 heteroatoms. The first-order valence-corrected chi connectivity index (χ1v) is 8.46. The molecule has 2 saturated carbocycles. The molecule has 0 heterocycles. The minimum Gasteiger partial charge on any atom is -0.335 e. The highest BCUT2D eigenvalue weighted by Crippen LogP contribution is 2.33. The zero-order chi connectivity index (χ0) is 14.4. The van der Waals surface area contributed by atoms with Gasteiger partial charge in [0.25, 0.3) is 0 Å². The highest BCUT2D eigenvalue weighted by molar-refractivity contribution is 5.75. The number of urea groups is 1. The molecular formula is C16H31N3O. The lowest BCUT2D eigenvalue weighted by molar-refractivity contribution is 0.179. The van der Waals surface area contributed by atoms with Gasteiger partial charge >= 0.3 is 6.03 Å². The molecule has 2 amide bonds. The molecule has 0 aromatic rings. The molecule has 4 N–H and O–H groups in total. The maximum absolute atomic E-state index is 12.2. The van der Waals surface area contributed by atoms with Crippen LogP contribution in [0.15, 0.2) is 0 Å². The van der Waals surface area contributed by atoms with Crippen LogP contribution in [0.25, 0.3) is 0 Å². The summed E-state index contributed by atoms with van der Waals surface area (Å²) in [4.78, 5) is 12.2. The van der Waals surface area contributed by atoms with Gasteiger partial charge in [-0.05, 0) is 44.4 Å². The first kappa shape index (κ1) is 15.6. The molecule has 0 spiro atoms. The van der Waals surface area contributed by atoms with Gasteiger partial charge in [-0.15, -0.1) is 0 Å². The van der Waals surface area contributed by atoms with Gasteiger partial charge in [0.05, 0.1) is 5.54 Å². The van der Waals surface area contributed by atoms with Crippen molar-refractivity contribution in [2.24, 2.45) is 11.7 Å². The maximum atomic E-state index is 12.2. The number of hydrogen-bond acceptors (Lipinski definition) is 2. The van der Waals surface area contributed by atoms with Crippen LogP contribution in [0, 0.1) is 5.92 Å². The summed E-state index contributed by atoms with van der Waals surface area (Å²) in [6.45, 7) is 2.81. The monoisotopic (exact) mass is 281 g/mol. The molecule has 2 aliphatic rings. The fraction of sp³-hybridized carbons (Fsp3) is 0.938. The first-order chi connectivity index (χ1) is 9.67. The smallest absolute Gasteiger partial charge is 0.315 e. The highest BCUT2D eigenvalue weighted by Gasteiger charge is 2.35. The van der Waals surface area contributed by atoms with Crippen LogP contribution in [0.2, 0.25) is 0 Å². The van der Waals surface area contributed by atoms with Crippen LogP contribution < -0.4 is 16.4 Å². The second-order valence-electron chi connectivity index (χ2n) is 6.77. The first-order valence-electron chi connectivity index (χ1n) is 8.46. The fourth-order valence-electron chi connectivity index (χ4n) is 3.73. The Morgan fingerprint density at radius 2 is 1.80 bits per heavy atom. The van der Waals surface area contributed by atoms with Crippen LogP contribution >= 0.6 is 0 Å². The van der Waals surface area contributed by atoms with E-state index in [4.69, 9.17) is 5.73 Å². The second-order valence-corrected chi connectivity index (χ2v) is 6.77. The topological polar surface area (TPSA) is 67.1 Å². The van der Waals surface area contributed by atoms with Crippen molar-refractivity contribution in [1.82, 2.24) is 10.6 Å². The van der Waals surface area contributed by atoms with E-state index in [1.165, 1.54) is 38.5 Å². The Kier molecular flexibility index (Phi) is 5.70. The van der Waals surface area contributed by atoms with Crippen molar-refractivity contribution in [2.75, 3.05) is 6.54 Å². The largest absolute Gasteiger partial charge is 0.335 e. The van der Waals surface area contributed by atoms with Gasteiger partial charge in [-0.25, -0.2) is 4.79 Å². The number of hydrogen-bond donors (Lipinski definition) is 3. The average Bonchev–Trinajstić information content (AvgIpc) is 2.49. The predicted octanol–water partition coefficient (Wildman–Crippen LogP) is 2.92. The van der Waals surface area contributed by atoms with E-state index in [-0.39, 0.29) is 11.6 Å². The molecule has 2 fully saturated rings. The molecular weight excluding hydrogens is 250 g/mol. The molecule has 0 radical (unpaired) electrons. The van der Waals surface area contributed by atoms with Crippen molar-refractivity contribution in [1.29, 1.82) is 0 Å². The SMILES string of the molecule is CCC1CCC(CN)(NC(=O)NC2CCCCC2)CC1. The third kappa shape index (κ3) is 4.11. The Morgan fingerprint density at radius 3 is 2.35 bits per heavy atom. The van der Waals surface area contributed by atoms with E-state index in [0.29, 0.717) is 12.6 Å². The Bertz CT molecular complexity index is 305. The maximum Gasteiger partial charge on any atom is 0.315 e. The van der Waals surface area contributed by atoms with Gasteiger partial charge < -0.3 is 16.4 Å². The molecule has 0 bridgehead atoms. The Balaban J connectivity index is 1.81. The van der Waals surface area contributed by atoms with Crippen LogP contribution in [0.3, 0.4) is 0 Å². The van der Waals surface area contributed by atoms with E-state index in [2.05, 4.69) is 17.6 Å². The molecule has 0 unspecified atom stereocenters. The molecule has 4 nitrogen and oxygen atoms in total. The summed E-state index contributed by atoms with van der Waals surface area (Å²) in [5.41, 5.74) is 5.80. The number of rotatable bonds is 4. The van der Waals surface area contributed by atoms with Crippen LogP contribution in [0.1, 0.15) is 71.1 Å². The Labute approximate surface area is 123 Å². The molecule has 0 aromatic carbocycles. The average molecular weight is 281 g/mol. The lowest BCUT2D eigenvalue weighted by Gasteiger charge is -2.40. The predicted molar refractivity (Wildman–Crippen MR) is 82.6 cm³/mol. The summed E-state index contributed by atoms with van der Waals surface area (Å²) in [5, 5.41) is 6.34. The molecule has 2 rings (SSSR count). The van der Waals surface area contributed by atoms with Crippen molar-refractivity contribution in [3.05, 3.63) is 0 Å². The van der Waals surface area contributed by atoms with Crippen LogP contribution in [0.5, 0.6) is 0 Å². The van der Waals surface area contributed by atoms with Gasteiger partial charge in [0.15, 0.2) is 0 Å². The second kappa shape index (κ2) is 7.30. The lowest BCUT2D eigenvalue weighted by Crippen LogP contribution is -2.59. The van der Waals surface area contributed by atoms with Gasteiger partial charge in [0.2, 0.25) is 0 Å². The van der Waals surface area contributed by atoms with E-state index < -0.39 is 0 Å². The third-order valence-corrected chi connectivity index (χ3v) is 5.35. The van der Waals surface area contributed by atoms with Crippen molar-refractivity contribution in [3.63, 3.8) is 0 Å². The van der Waals surface area contributed by atoms with E-state index in [1.807, 2.05) is 0 Å². The van der Waals surface area contributed by atoms with Crippen molar-refractivity contribution in [3.8, 4) is 0 Å². The molecule has 20 heavy (non-hydrogen) atoms. The molecule has 0 atom stereocenters.